The molecule has 3 heteroatoms. The van der Waals surface area contributed by atoms with Gasteiger partial charge < -0.3 is 4.98 Å². The smallest absolute Gasteiger partial charge is 0.189 e. The third kappa shape index (κ3) is 2.29. The molecular weight excluding hydrogens is 218 g/mol. The largest absolute Gasteiger partial charge is 0.361 e. The third-order valence-electron chi connectivity index (χ3n) is 2.23. The summed E-state index contributed by atoms with van der Waals surface area (Å²) in [6, 6.07) is 7.12. The highest BCUT2D eigenvalue weighted by Gasteiger charge is 1.97. The van der Waals surface area contributed by atoms with Crippen molar-refractivity contribution in [2.45, 2.75) is 6.42 Å². The Labute approximate surface area is 99.1 Å². The van der Waals surface area contributed by atoms with E-state index in [-0.39, 0.29) is 5.43 Å². The van der Waals surface area contributed by atoms with Gasteiger partial charge in [-0.2, -0.15) is 12.6 Å². The van der Waals surface area contributed by atoms with E-state index in [1.165, 1.54) is 6.07 Å². The summed E-state index contributed by atoms with van der Waals surface area (Å²) in [5.41, 5.74) is 1.73. The van der Waals surface area contributed by atoms with Gasteiger partial charge >= 0.3 is 0 Å². The van der Waals surface area contributed by atoms with Crippen LogP contribution in [-0.2, 0) is 0 Å². The maximum absolute atomic E-state index is 11.6. The Hall–Kier alpha value is -1.66. The highest BCUT2D eigenvalue weighted by molar-refractivity contribution is 7.80. The van der Waals surface area contributed by atoms with Crippen LogP contribution in [0.2, 0.25) is 0 Å². The molecule has 1 heterocycles. The number of hydrogen-bond acceptors (Lipinski definition) is 2. The molecule has 0 unspecified atom stereocenters. The van der Waals surface area contributed by atoms with E-state index in [1.54, 1.807) is 6.20 Å². The standard InChI is InChI=1S/C13H11NOS/c15-13-6-7-14-12-5-4-10(9-11(12)13)3-1-2-8-16/h4-7,9,16H,2,8H2,(H,14,15). The normalized spacial score (nSPS) is 9.81. The highest BCUT2D eigenvalue weighted by Crippen LogP contribution is 2.08. The molecule has 0 aliphatic heterocycles. The van der Waals surface area contributed by atoms with Gasteiger partial charge in [-0.3, -0.25) is 4.79 Å². The van der Waals surface area contributed by atoms with Crippen LogP contribution >= 0.6 is 12.6 Å². The van der Waals surface area contributed by atoms with Crippen molar-refractivity contribution in [1.29, 1.82) is 0 Å². The number of aromatic nitrogens is 1. The first-order valence-corrected chi connectivity index (χ1v) is 5.66. The molecule has 1 aromatic carbocycles. The highest BCUT2D eigenvalue weighted by atomic mass is 32.1. The van der Waals surface area contributed by atoms with Crippen LogP contribution in [0, 0.1) is 11.8 Å². The van der Waals surface area contributed by atoms with Gasteiger partial charge in [-0.1, -0.05) is 11.8 Å². The van der Waals surface area contributed by atoms with Gasteiger partial charge in [0.15, 0.2) is 5.43 Å². The lowest BCUT2D eigenvalue weighted by Gasteiger charge is -1.96. The molecule has 16 heavy (non-hydrogen) atoms. The number of hydrogen-bond donors (Lipinski definition) is 2. The summed E-state index contributed by atoms with van der Waals surface area (Å²) in [6.07, 6.45) is 2.41. The first kappa shape index (κ1) is 10.8. The summed E-state index contributed by atoms with van der Waals surface area (Å²) in [4.78, 5) is 14.6. The summed E-state index contributed by atoms with van der Waals surface area (Å²) >= 11 is 4.08. The Bertz CT molecular complexity index is 619. The predicted octanol–water partition coefficient (Wildman–Crippen LogP) is 2.20. The number of fused-ring (bicyclic) bond motifs is 1. The third-order valence-corrected chi connectivity index (χ3v) is 2.45. The number of rotatable bonds is 1. The molecule has 0 atom stereocenters. The van der Waals surface area contributed by atoms with Crippen molar-refractivity contribution in [3.05, 3.63) is 46.2 Å². The predicted molar refractivity (Wildman–Crippen MR) is 69.9 cm³/mol. The zero-order valence-corrected chi connectivity index (χ0v) is 9.55. The minimum atomic E-state index is 0.0200. The van der Waals surface area contributed by atoms with Crippen molar-refractivity contribution in [2.24, 2.45) is 0 Å². The zero-order chi connectivity index (χ0) is 11.4. The van der Waals surface area contributed by atoms with E-state index >= 15 is 0 Å². The topological polar surface area (TPSA) is 32.9 Å². The molecule has 0 aliphatic rings. The number of nitrogens with one attached hydrogen (secondary N) is 1. The SMILES string of the molecule is O=c1cc[nH]c2ccc(C#CCCS)cc12. The summed E-state index contributed by atoms with van der Waals surface area (Å²) in [5, 5.41) is 0.681. The summed E-state index contributed by atoms with van der Waals surface area (Å²) < 4.78 is 0. The van der Waals surface area contributed by atoms with Crippen LogP contribution in [0.1, 0.15) is 12.0 Å². The summed E-state index contributed by atoms with van der Waals surface area (Å²) in [6.45, 7) is 0. The quantitative estimate of drug-likeness (QED) is 0.570. The van der Waals surface area contributed by atoms with E-state index in [4.69, 9.17) is 0 Å². The van der Waals surface area contributed by atoms with Gasteiger partial charge in [0, 0.05) is 40.9 Å². The molecule has 0 aliphatic carbocycles. The second-order valence-electron chi connectivity index (χ2n) is 3.38. The van der Waals surface area contributed by atoms with Gasteiger partial charge in [0.2, 0.25) is 0 Å². The van der Waals surface area contributed by atoms with Crippen molar-refractivity contribution in [3.63, 3.8) is 0 Å². The molecule has 1 aromatic heterocycles. The van der Waals surface area contributed by atoms with E-state index in [2.05, 4.69) is 29.5 Å². The fourth-order valence-corrected chi connectivity index (χ4v) is 1.58. The van der Waals surface area contributed by atoms with E-state index in [9.17, 15) is 4.79 Å². The fourth-order valence-electron chi connectivity index (χ4n) is 1.47. The molecule has 0 bridgehead atoms. The first-order valence-electron chi connectivity index (χ1n) is 5.02. The molecule has 0 radical (unpaired) electrons. The number of pyridine rings is 1. The Morgan fingerprint density at radius 1 is 1.31 bits per heavy atom. The van der Waals surface area contributed by atoms with Crippen molar-refractivity contribution in [3.8, 4) is 11.8 Å². The van der Waals surface area contributed by atoms with Crippen molar-refractivity contribution in [2.75, 3.05) is 5.75 Å². The van der Waals surface area contributed by atoms with Crippen molar-refractivity contribution in [1.82, 2.24) is 4.98 Å². The van der Waals surface area contributed by atoms with E-state index in [0.29, 0.717) is 5.39 Å². The van der Waals surface area contributed by atoms with Crippen molar-refractivity contribution >= 4 is 23.5 Å². The number of H-pyrrole nitrogens is 1. The average molecular weight is 229 g/mol. The van der Waals surface area contributed by atoms with Crippen LogP contribution in [0.5, 0.6) is 0 Å². The molecule has 80 valence electrons. The van der Waals surface area contributed by atoms with E-state index in [1.807, 2.05) is 18.2 Å². The molecule has 0 amide bonds. The van der Waals surface area contributed by atoms with Crippen LogP contribution in [0.15, 0.2) is 35.3 Å². The molecule has 2 aromatic rings. The van der Waals surface area contributed by atoms with Gasteiger partial charge in [-0.25, -0.2) is 0 Å². The minimum Gasteiger partial charge on any atom is -0.361 e. The van der Waals surface area contributed by atoms with Crippen molar-refractivity contribution < 1.29 is 0 Å². The second-order valence-corrected chi connectivity index (χ2v) is 3.82. The van der Waals surface area contributed by atoms with Crippen LogP contribution in [0.3, 0.4) is 0 Å². The molecule has 0 spiro atoms. The molecule has 2 nitrogen and oxygen atoms in total. The fraction of sp³-hybridized carbons (Fsp3) is 0.154. The number of benzene rings is 1. The number of thiol groups is 1. The zero-order valence-electron chi connectivity index (χ0n) is 8.66. The van der Waals surface area contributed by atoms with Crippen LogP contribution in [0.25, 0.3) is 10.9 Å². The maximum Gasteiger partial charge on any atom is 0.189 e. The Morgan fingerprint density at radius 2 is 2.19 bits per heavy atom. The Kier molecular flexibility index (Phi) is 3.33. The molecule has 2 rings (SSSR count). The molecule has 0 fully saturated rings. The number of aromatic amines is 1. The first-order chi connectivity index (χ1) is 7.81. The molecule has 0 saturated heterocycles. The van der Waals surface area contributed by atoms with Gasteiger partial charge in [0.05, 0.1) is 0 Å². The van der Waals surface area contributed by atoms with Gasteiger partial charge in [-0.15, -0.1) is 0 Å². The second kappa shape index (κ2) is 4.91. The van der Waals surface area contributed by atoms with Crippen LogP contribution < -0.4 is 5.43 Å². The van der Waals surface area contributed by atoms with E-state index < -0.39 is 0 Å². The Balaban J connectivity index is 2.49. The average Bonchev–Trinajstić information content (AvgIpc) is 2.30. The summed E-state index contributed by atoms with van der Waals surface area (Å²) in [5.74, 6) is 6.76. The monoisotopic (exact) mass is 229 g/mol. The van der Waals surface area contributed by atoms with E-state index in [0.717, 1.165) is 23.3 Å². The Morgan fingerprint density at radius 3 is 3.00 bits per heavy atom. The minimum absolute atomic E-state index is 0.0200. The lowest BCUT2D eigenvalue weighted by molar-refractivity contribution is 1.31. The lowest BCUT2D eigenvalue weighted by Crippen LogP contribution is -1.99. The molecular formula is C13H11NOS. The molecule has 0 saturated carbocycles. The lowest BCUT2D eigenvalue weighted by atomic mass is 10.1. The van der Waals surface area contributed by atoms with Crippen LogP contribution in [0.4, 0.5) is 0 Å². The van der Waals surface area contributed by atoms with Gasteiger partial charge in [-0.05, 0) is 18.2 Å². The summed E-state index contributed by atoms with van der Waals surface area (Å²) in [7, 11) is 0. The van der Waals surface area contributed by atoms with Gasteiger partial charge in [0.1, 0.15) is 0 Å². The van der Waals surface area contributed by atoms with Gasteiger partial charge in [0.25, 0.3) is 0 Å². The maximum atomic E-state index is 11.6. The molecule has 1 N–H and O–H groups in total. The van der Waals surface area contributed by atoms with Crippen LogP contribution in [-0.4, -0.2) is 10.7 Å².